The van der Waals surface area contributed by atoms with Crippen LogP contribution in [0, 0.1) is 6.92 Å². The smallest absolute Gasteiger partial charge is 0.254 e. The summed E-state index contributed by atoms with van der Waals surface area (Å²) in [6.45, 7) is 5.81. The van der Waals surface area contributed by atoms with Gasteiger partial charge in [0.2, 0.25) is 0 Å². The van der Waals surface area contributed by atoms with Crippen molar-refractivity contribution in [1.29, 1.82) is 0 Å². The Hall–Kier alpha value is -3.54. The van der Waals surface area contributed by atoms with Crippen LogP contribution in [0.4, 0.5) is 11.6 Å². The molecule has 4 rings (SSSR count). The van der Waals surface area contributed by atoms with Crippen molar-refractivity contribution >= 4 is 17.5 Å². The number of fused-ring (bicyclic) bond motifs is 1. The highest BCUT2D eigenvalue weighted by Gasteiger charge is 2.29. The van der Waals surface area contributed by atoms with E-state index in [1.807, 2.05) is 62.4 Å². The Bertz CT molecular complexity index is 1030. The van der Waals surface area contributed by atoms with Crippen molar-refractivity contribution < 1.29 is 9.53 Å². The van der Waals surface area contributed by atoms with Gasteiger partial charge in [-0.3, -0.25) is 4.79 Å². The first kappa shape index (κ1) is 18.8. The lowest BCUT2D eigenvalue weighted by Gasteiger charge is -2.12. The summed E-state index contributed by atoms with van der Waals surface area (Å²) in [6, 6.07) is 17.5. The lowest BCUT2D eigenvalue weighted by molar-refractivity contribution is 0.0787. The molecule has 1 amide bonds. The number of aryl methyl sites for hydroxylation is 1. The second-order valence-corrected chi connectivity index (χ2v) is 7.15. The molecule has 0 spiro atoms. The van der Waals surface area contributed by atoms with E-state index in [1.165, 1.54) is 5.56 Å². The number of carbonyl (C=O) groups is 1. The Kier molecular flexibility index (Phi) is 5.08. The number of nitrogen functional groups attached to an aromatic ring is 1. The van der Waals surface area contributed by atoms with Crippen LogP contribution in [-0.2, 0) is 13.1 Å². The average molecular weight is 388 g/mol. The minimum absolute atomic E-state index is 0.0113. The number of aromatic nitrogens is 1. The molecule has 3 aromatic rings. The first-order valence-electron chi connectivity index (χ1n) is 9.69. The number of nitrogens with two attached hydrogens (primary N) is 1. The minimum atomic E-state index is 0.0113. The molecule has 6 heteroatoms. The van der Waals surface area contributed by atoms with Crippen molar-refractivity contribution in [1.82, 2.24) is 9.88 Å². The number of hydrogen-bond acceptors (Lipinski definition) is 5. The SMILES string of the molecule is CCN1Cc2c(cc(N)nc2NCc2ccc(Oc3ccc(C)cc3)cc2)C1=O. The van der Waals surface area contributed by atoms with Crippen LogP contribution in [-0.4, -0.2) is 22.3 Å². The highest BCUT2D eigenvalue weighted by Crippen LogP contribution is 2.30. The molecule has 0 aliphatic carbocycles. The normalized spacial score (nSPS) is 12.8. The van der Waals surface area contributed by atoms with E-state index in [9.17, 15) is 4.79 Å². The van der Waals surface area contributed by atoms with Crippen LogP contribution in [0.15, 0.2) is 54.6 Å². The number of pyridine rings is 1. The van der Waals surface area contributed by atoms with Crippen molar-refractivity contribution in [2.45, 2.75) is 26.9 Å². The van der Waals surface area contributed by atoms with E-state index in [2.05, 4.69) is 10.3 Å². The van der Waals surface area contributed by atoms with Crippen molar-refractivity contribution in [3.8, 4) is 11.5 Å². The van der Waals surface area contributed by atoms with E-state index in [0.717, 1.165) is 22.6 Å². The van der Waals surface area contributed by atoms with E-state index in [0.29, 0.717) is 36.8 Å². The van der Waals surface area contributed by atoms with E-state index in [1.54, 1.807) is 11.0 Å². The molecule has 0 saturated heterocycles. The molecule has 0 bridgehead atoms. The number of anilines is 2. The molecule has 1 aliphatic rings. The summed E-state index contributed by atoms with van der Waals surface area (Å²) >= 11 is 0. The van der Waals surface area contributed by atoms with E-state index < -0.39 is 0 Å². The van der Waals surface area contributed by atoms with Gasteiger partial charge in [-0.2, -0.15) is 0 Å². The van der Waals surface area contributed by atoms with E-state index >= 15 is 0 Å². The molecule has 2 heterocycles. The van der Waals surface area contributed by atoms with Gasteiger partial charge in [-0.25, -0.2) is 4.98 Å². The summed E-state index contributed by atoms with van der Waals surface area (Å²) < 4.78 is 5.87. The molecule has 0 radical (unpaired) electrons. The van der Waals surface area contributed by atoms with Gasteiger partial charge in [0.15, 0.2) is 0 Å². The van der Waals surface area contributed by atoms with Crippen molar-refractivity contribution in [2.24, 2.45) is 0 Å². The van der Waals surface area contributed by atoms with Crippen molar-refractivity contribution in [3.63, 3.8) is 0 Å². The fourth-order valence-electron chi connectivity index (χ4n) is 3.38. The number of nitrogens with one attached hydrogen (secondary N) is 1. The van der Waals surface area contributed by atoms with Crippen molar-refractivity contribution in [2.75, 3.05) is 17.6 Å². The third-order valence-corrected chi connectivity index (χ3v) is 5.03. The highest BCUT2D eigenvalue weighted by atomic mass is 16.5. The fraction of sp³-hybridized carbons (Fsp3) is 0.217. The van der Waals surface area contributed by atoms with Crippen LogP contribution < -0.4 is 15.8 Å². The first-order chi connectivity index (χ1) is 14.0. The zero-order valence-electron chi connectivity index (χ0n) is 16.6. The first-order valence-corrected chi connectivity index (χ1v) is 9.69. The molecule has 0 fully saturated rings. The van der Waals surface area contributed by atoms with Crippen LogP contribution in [0.25, 0.3) is 0 Å². The molecular weight excluding hydrogens is 364 g/mol. The molecule has 29 heavy (non-hydrogen) atoms. The monoisotopic (exact) mass is 388 g/mol. The summed E-state index contributed by atoms with van der Waals surface area (Å²) in [5.41, 5.74) is 9.74. The molecule has 0 unspecified atom stereocenters. The molecule has 3 N–H and O–H groups in total. The minimum Gasteiger partial charge on any atom is -0.457 e. The number of carbonyl (C=O) groups excluding carboxylic acids is 1. The Morgan fingerprint density at radius 2 is 1.76 bits per heavy atom. The predicted molar refractivity (Wildman–Crippen MR) is 114 cm³/mol. The molecule has 1 aliphatic heterocycles. The van der Waals surface area contributed by atoms with Crippen LogP contribution in [0.5, 0.6) is 11.5 Å². The van der Waals surface area contributed by atoms with Gasteiger partial charge < -0.3 is 20.7 Å². The summed E-state index contributed by atoms with van der Waals surface area (Å²) in [7, 11) is 0. The summed E-state index contributed by atoms with van der Waals surface area (Å²) in [4.78, 5) is 18.6. The molecule has 148 valence electrons. The van der Waals surface area contributed by atoms with Crippen LogP contribution in [0.3, 0.4) is 0 Å². The lowest BCUT2D eigenvalue weighted by atomic mass is 10.1. The van der Waals surface area contributed by atoms with Crippen LogP contribution in [0.1, 0.15) is 34.0 Å². The highest BCUT2D eigenvalue weighted by molar-refractivity contribution is 6.00. The number of ether oxygens (including phenoxy) is 1. The quantitative estimate of drug-likeness (QED) is 0.656. The molecule has 2 aromatic carbocycles. The molecule has 6 nitrogen and oxygen atoms in total. The zero-order chi connectivity index (χ0) is 20.4. The second kappa shape index (κ2) is 7.83. The number of amides is 1. The van der Waals surface area contributed by atoms with Gasteiger partial charge in [0, 0.05) is 18.7 Å². The number of rotatable bonds is 6. The Morgan fingerprint density at radius 3 is 2.41 bits per heavy atom. The van der Waals surface area contributed by atoms with Crippen LogP contribution >= 0.6 is 0 Å². The lowest BCUT2D eigenvalue weighted by Crippen LogP contribution is -2.22. The number of hydrogen-bond donors (Lipinski definition) is 2. The third-order valence-electron chi connectivity index (χ3n) is 5.03. The second-order valence-electron chi connectivity index (χ2n) is 7.15. The number of nitrogens with zero attached hydrogens (tertiary/aromatic N) is 2. The predicted octanol–water partition coefficient (Wildman–Crippen LogP) is 4.35. The Morgan fingerprint density at radius 1 is 1.10 bits per heavy atom. The fourth-order valence-corrected chi connectivity index (χ4v) is 3.38. The topological polar surface area (TPSA) is 80.5 Å². The van der Waals surface area contributed by atoms with Gasteiger partial charge in [-0.1, -0.05) is 29.8 Å². The Balaban J connectivity index is 1.44. The maximum atomic E-state index is 12.4. The standard InChI is InChI=1S/C23H24N4O2/c1-3-27-14-20-19(23(27)28)12-21(24)26-22(20)25-13-16-6-10-18(11-7-16)29-17-8-4-15(2)5-9-17/h4-12H,3,13-14H2,1-2H3,(H3,24,25,26). The molecule has 1 aromatic heterocycles. The zero-order valence-corrected chi connectivity index (χ0v) is 16.6. The van der Waals surface area contributed by atoms with Crippen LogP contribution in [0.2, 0.25) is 0 Å². The third kappa shape index (κ3) is 4.01. The van der Waals surface area contributed by atoms with Gasteiger partial charge in [0.05, 0.1) is 12.1 Å². The van der Waals surface area contributed by atoms with Gasteiger partial charge in [-0.15, -0.1) is 0 Å². The largest absolute Gasteiger partial charge is 0.457 e. The molecule has 0 atom stereocenters. The summed E-state index contributed by atoms with van der Waals surface area (Å²) in [6.07, 6.45) is 0. The van der Waals surface area contributed by atoms with Gasteiger partial charge >= 0.3 is 0 Å². The van der Waals surface area contributed by atoms with Gasteiger partial charge in [0.25, 0.3) is 5.91 Å². The van der Waals surface area contributed by atoms with Gasteiger partial charge in [0.1, 0.15) is 23.1 Å². The van der Waals surface area contributed by atoms with E-state index in [-0.39, 0.29) is 5.91 Å². The van der Waals surface area contributed by atoms with Crippen molar-refractivity contribution in [3.05, 3.63) is 76.9 Å². The number of benzene rings is 2. The van der Waals surface area contributed by atoms with E-state index in [4.69, 9.17) is 10.5 Å². The van der Waals surface area contributed by atoms with Gasteiger partial charge in [-0.05, 0) is 49.7 Å². The maximum absolute atomic E-state index is 12.4. The molecular formula is C23H24N4O2. The maximum Gasteiger partial charge on any atom is 0.254 e. The molecule has 0 saturated carbocycles. The average Bonchev–Trinajstić information content (AvgIpc) is 3.05. The summed E-state index contributed by atoms with van der Waals surface area (Å²) in [5.74, 6) is 2.62. The Labute approximate surface area is 170 Å². The summed E-state index contributed by atoms with van der Waals surface area (Å²) in [5, 5.41) is 3.33.